The summed E-state index contributed by atoms with van der Waals surface area (Å²) in [5.74, 6) is 1.78. The van der Waals surface area contributed by atoms with E-state index in [1.165, 1.54) is 0 Å². The van der Waals surface area contributed by atoms with E-state index in [2.05, 4.69) is 5.10 Å². The molecule has 0 saturated carbocycles. The fourth-order valence-electron chi connectivity index (χ4n) is 3.16. The van der Waals surface area contributed by atoms with E-state index in [1.807, 2.05) is 60.7 Å². The number of aryl methyl sites for hydroxylation is 1. The molecule has 0 atom stereocenters. The van der Waals surface area contributed by atoms with Gasteiger partial charge in [0.25, 0.3) is 0 Å². The molecule has 1 amide bonds. The minimum atomic E-state index is -0.300. The van der Waals surface area contributed by atoms with Crippen LogP contribution in [0.15, 0.2) is 30.3 Å². The smallest absolute Gasteiger partial charge is 0.233 e. The van der Waals surface area contributed by atoms with Gasteiger partial charge < -0.3 is 4.74 Å². The summed E-state index contributed by atoms with van der Waals surface area (Å²) in [7, 11) is 1.66. The first-order valence-corrected chi connectivity index (χ1v) is 8.40. The lowest BCUT2D eigenvalue weighted by atomic mass is 9.83. The van der Waals surface area contributed by atoms with Crippen LogP contribution in [0.1, 0.15) is 37.9 Å². The Morgan fingerprint density at radius 1 is 1.25 bits per heavy atom. The highest BCUT2D eigenvalue weighted by Crippen LogP contribution is 2.32. The molecule has 1 fully saturated rings. The van der Waals surface area contributed by atoms with Crippen LogP contribution < -0.4 is 9.64 Å². The average molecular weight is 327 g/mol. The van der Waals surface area contributed by atoms with E-state index in [1.54, 1.807) is 7.11 Å². The van der Waals surface area contributed by atoms with Crippen molar-refractivity contribution in [1.29, 1.82) is 0 Å². The molecule has 2 heterocycles. The molecule has 0 bridgehead atoms. The van der Waals surface area contributed by atoms with Crippen LogP contribution in [0.5, 0.6) is 5.75 Å². The standard InChI is InChI=1S/C19H25N3O2/c1-14-12-17(21-11-5-10-19(2,3)18(21)23)20-22(14)13-15-6-8-16(24-4)9-7-15/h6-9,12H,5,10-11,13H2,1-4H3. The van der Waals surface area contributed by atoms with Gasteiger partial charge in [0.1, 0.15) is 5.75 Å². The molecule has 128 valence electrons. The van der Waals surface area contributed by atoms with Gasteiger partial charge in [-0.1, -0.05) is 26.0 Å². The lowest BCUT2D eigenvalue weighted by Gasteiger charge is -2.35. The quantitative estimate of drug-likeness (QED) is 0.864. The van der Waals surface area contributed by atoms with Gasteiger partial charge in [-0.3, -0.25) is 14.4 Å². The van der Waals surface area contributed by atoms with Crippen molar-refractivity contribution >= 4 is 11.7 Å². The maximum absolute atomic E-state index is 12.7. The minimum Gasteiger partial charge on any atom is -0.497 e. The van der Waals surface area contributed by atoms with E-state index < -0.39 is 0 Å². The fraction of sp³-hybridized carbons (Fsp3) is 0.474. The van der Waals surface area contributed by atoms with Gasteiger partial charge >= 0.3 is 0 Å². The first kappa shape index (κ1) is 16.6. The van der Waals surface area contributed by atoms with Gasteiger partial charge in [0, 0.05) is 23.7 Å². The summed E-state index contributed by atoms with van der Waals surface area (Å²) in [6.07, 6.45) is 1.96. The van der Waals surface area contributed by atoms with Gasteiger partial charge in [-0.05, 0) is 37.5 Å². The highest BCUT2D eigenvalue weighted by atomic mass is 16.5. The predicted octanol–water partition coefficient (Wildman–Crippen LogP) is 3.40. The monoisotopic (exact) mass is 327 g/mol. The Bertz CT molecular complexity index is 732. The second-order valence-corrected chi connectivity index (χ2v) is 7.09. The Morgan fingerprint density at radius 3 is 2.62 bits per heavy atom. The molecule has 2 aromatic rings. The maximum atomic E-state index is 12.7. The largest absolute Gasteiger partial charge is 0.497 e. The summed E-state index contributed by atoms with van der Waals surface area (Å²) in [5, 5.41) is 4.68. The molecule has 1 saturated heterocycles. The Hall–Kier alpha value is -2.30. The number of anilines is 1. The topological polar surface area (TPSA) is 47.4 Å². The van der Waals surface area contributed by atoms with Gasteiger partial charge in [0.05, 0.1) is 13.7 Å². The van der Waals surface area contributed by atoms with Crippen molar-refractivity contribution in [3.63, 3.8) is 0 Å². The van der Waals surface area contributed by atoms with Crippen LogP contribution in [0, 0.1) is 12.3 Å². The SMILES string of the molecule is COc1ccc(Cn2nc(N3CCCC(C)(C)C3=O)cc2C)cc1. The molecule has 1 aromatic carbocycles. The third kappa shape index (κ3) is 3.16. The maximum Gasteiger partial charge on any atom is 0.233 e. The summed E-state index contributed by atoms with van der Waals surface area (Å²) in [4.78, 5) is 14.5. The summed E-state index contributed by atoms with van der Waals surface area (Å²) >= 11 is 0. The normalized spacial score (nSPS) is 17.2. The first-order chi connectivity index (χ1) is 11.4. The fourth-order valence-corrected chi connectivity index (χ4v) is 3.16. The van der Waals surface area contributed by atoms with E-state index in [0.29, 0.717) is 6.54 Å². The first-order valence-electron chi connectivity index (χ1n) is 8.40. The van der Waals surface area contributed by atoms with Crippen LogP contribution in [0.25, 0.3) is 0 Å². The van der Waals surface area contributed by atoms with Crippen molar-refractivity contribution in [3.8, 4) is 5.75 Å². The Labute approximate surface area is 143 Å². The molecule has 0 N–H and O–H groups in total. The number of ether oxygens (including phenoxy) is 1. The molecule has 5 heteroatoms. The van der Waals surface area contributed by atoms with Crippen molar-refractivity contribution in [2.24, 2.45) is 5.41 Å². The molecule has 0 aliphatic carbocycles. The second kappa shape index (κ2) is 6.30. The number of hydrogen-bond donors (Lipinski definition) is 0. The number of rotatable bonds is 4. The van der Waals surface area contributed by atoms with Gasteiger partial charge in [-0.2, -0.15) is 5.10 Å². The number of carbonyl (C=O) groups is 1. The van der Waals surface area contributed by atoms with Gasteiger partial charge in [-0.15, -0.1) is 0 Å². The van der Waals surface area contributed by atoms with Crippen molar-refractivity contribution < 1.29 is 9.53 Å². The van der Waals surface area contributed by atoms with Crippen LogP contribution in [0.4, 0.5) is 5.82 Å². The van der Waals surface area contributed by atoms with E-state index in [-0.39, 0.29) is 11.3 Å². The van der Waals surface area contributed by atoms with Gasteiger partial charge in [0.15, 0.2) is 5.82 Å². The van der Waals surface area contributed by atoms with Crippen molar-refractivity contribution in [1.82, 2.24) is 9.78 Å². The number of benzene rings is 1. The highest BCUT2D eigenvalue weighted by Gasteiger charge is 2.37. The van der Waals surface area contributed by atoms with Crippen molar-refractivity contribution in [3.05, 3.63) is 41.6 Å². The van der Waals surface area contributed by atoms with Crippen LogP contribution in [0.3, 0.4) is 0 Å². The number of aromatic nitrogens is 2. The third-order valence-corrected chi connectivity index (χ3v) is 4.74. The number of nitrogens with zero attached hydrogens (tertiary/aromatic N) is 3. The Kier molecular flexibility index (Phi) is 4.35. The number of amides is 1. The zero-order valence-electron chi connectivity index (χ0n) is 14.9. The molecule has 24 heavy (non-hydrogen) atoms. The Morgan fingerprint density at radius 2 is 1.96 bits per heavy atom. The molecule has 0 radical (unpaired) electrons. The van der Waals surface area contributed by atoms with Crippen molar-refractivity contribution in [2.45, 2.75) is 40.2 Å². The van der Waals surface area contributed by atoms with Gasteiger partial charge in [-0.25, -0.2) is 0 Å². The molecule has 3 rings (SSSR count). The third-order valence-electron chi connectivity index (χ3n) is 4.74. The molecule has 1 aliphatic rings. The van der Waals surface area contributed by atoms with E-state index in [9.17, 15) is 4.79 Å². The lowest BCUT2D eigenvalue weighted by molar-refractivity contribution is -0.128. The summed E-state index contributed by atoms with van der Waals surface area (Å²) in [6, 6.07) is 9.98. The van der Waals surface area contributed by atoms with E-state index >= 15 is 0 Å². The van der Waals surface area contributed by atoms with Crippen LogP contribution in [-0.2, 0) is 11.3 Å². The predicted molar refractivity (Wildman–Crippen MR) is 94.4 cm³/mol. The number of piperidine rings is 1. The second-order valence-electron chi connectivity index (χ2n) is 7.09. The molecule has 0 spiro atoms. The molecule has 1 aromatic heterocycles. The summed E-state index contributed by atoms with van der Waals surface area (Å²) in [6.45, 7) is 7.49. The number of carbonyl (C=O) groups excluding carboxylic acids is 1. The number of hydrogen-bond acceptors (Lipinski definition) is 3. The lowest BCUT2D eigenvalue weighted by Crippen LogP contribution is -2.46. The van der Waals surface area contributed by atoms with E-state index in [4.69, 9.17) is 4.74 Å². The molecule has 0 unspecified atom stereocenters. The minimum absolute atomic E-state index is 0.169. The van der Waals surface area contributed by atoms with Crippen LogP contribution in [-0.4, -0.2) is 29.3 Å². The molecule has 1 aliphatic heterocycles. The molecule has 5 nitrogen and oxygen atoms in total. The average Bonchev–Trinajstić information content (AvgIpc) is 2.91. The zero-order chi connectivity index (χ0) is 17.3. The highest BCUT2D eigenvalue weighted by molar-refractivity contribution is 5.97. The zero-order valence-corrected chi connectivity index (χ0v) is 14.9. The summed E-state index contributed by atoms with van der Waals surface area (Å²) < 4.78 is 7.14. The van der Waals surface area contributed by atoms with E-state index in [0.717, 1.165) is 42.2 Å². The van der Waals surface area contributed by atoms with Crippen LogP contribution >= 0.6 is 0 Å². The summed E-state index contributed by atoms with van der Waals surface area (Å²) in [5.41, 5.74) is 1.90. The molecular weight excluding hydrogens is 302 g/mol. The van der Waals surface area contributed by atoms with Gasteiger partial charge in [0.2, 0.25) is 5.91 Å². The van der Waals surface area contributed by atoms with Crippen LogP contribution in [0.2, 0.25) is 0 Å². The molecular formula is C19H25N3O2. The number of methoxy groups -OCH3 is 1. The van der Waals surface area contributed by atoms with Crippen molar-refractivity contribution in [2.75, 3.05) is 18.6 Å². The Balaban J connectivity index is 1.80.